The third-order valence-corrected chi connectivity index (χ3v) is 6.49. The van der Waals surface area contributed by atoms with Crippen LogP contribution in [0.15, 0.2) is 35.7 Å². The highest BCUT2D eigenvalue weighted by Gasteiger charge is 2.22. The molecule has 2 unspecified atom stereocenters. The Labute approximate surface area is 159 Å². The Morgan fingerprint density at radius 2 is 2.08 bits per heavy atom. The van der Waals surface area contributed by atoms with Crippen molar-refractivity contribution in [3.8, 4) is 0 Å². The summed E-state index contributed by atoms with van der Waals surface area (Å²) in [6, 6.07) is 10.9. The summed E-state index contributed by atoms with van der Waals surface area (Å²) < 4.78 is 5.65. The molecule has 4 heteroatoms. The molecule has 2 heterocycles. The molecule has 2 atom stereocenters. The van der Waals surface area contributed by atoms with Gasteiger partial charge < -0.3 is 10.1 Å². The van der Waals surface area contributed by atoms with Crippen LogP contribution in [0.4, 0.5) is 0 Å². The zero-order chi connectivity index (χ0) is 17.8. The van der Waals surface area contributed by atoms with Gasteiger partial charge in [-0.2, -0.15) is 0 Å². The molecule has 0 saturated carbocycles. The average molecular weight is 370 g/mol. The van der Waals surface area contributed by atoms with E-state index in [1.165, 1.54) is 40.8 Å². The summed E-state index contributed by atoms with van der Waals surface area (Å²) in [5, 5.41) is 5.36. The molecule has 0 radical (unpaired) electrons. The van der Waals surface area contributed by atoms with Gasteiger partial charge in [0.25, 0.3) is 0 Å². The highest BCUT2D eigenvalue weighted by molar-refractivity contribution is 7.10. The molecular weight excluding hydrogens is 342 g/mol. The number of benzene rings is 1. The Balaban J connectivity index is 1.48. The Hall–Kier alpha value is -1.65. The number of rotatable bonds is 6. The molecule has 1 N–H and O–H groups in total. The molecule has 0 spiro atoms. The Morgan fingerprint density at radius 1 is 1.19 bits per heavy atom. The van der Waals surface area contributed by atoms with Crippen molar-refractivity contribution in [3.63, 3.8) is 0 Å². The molecule has 138 valence electrons. The fourth-order valence-electron chi connectivity index (χ4n) is 4.10. The van der Waals surface area contributed by atoms with Crippen LogP contribution in [0.3, 0.4) is 0 Å². The van der Waals surface area contributed by atoms with E-state index >= 15 is 0 Å². The molecule has 2 aliphatic rings. The maximum absolute atomic E-state index is 12.6. The van der Waals surface area contributed by atoms with Gasteiger partial charge in [0.05, 0.1) is 12.1 Å². The van der Waals surface area contributed by atoms with E-state index in [9.17, 15) is 4.79 Å². The van der Waals surface area contributed by atoms with Gasteiger partial charge in [0, 0.05) is 17.9 Å². The fraction of sp³-hybridized carbons (Fsp3) is 0.500. The number of thiophene rings is 1. The Bertz CT molecular complexity index is 735. The summed E-state index contributed by atoms with van der Waals surface area (Å²) in [7, 11) is 0. The van der Waals surface area contributed by atoms with Crippen LogP contribution in [0.5, 0.6) is 0 Å². The summed E-state index contributed by atoms with van der Waals surface area (Å²) in [5.74, 6) is 0.122. The van der Waals surface area contributed by atoms with E-state index in [-0.39, 0.29) is 18.1 Å². The standard InChI is InChI=1S/C22H27NO2S/c24-21(12-11-19-7-3-13-25-19)23-22(20-8-4-14-26-20)18-10-9-16-5-1-2-6-17(16)15-18/h4,8-10,14-15,19,22H,1-3,5-7,11-13H2,(H,23,24). The van der Waals surface area contributed by atoms with Gasteiger partial charge in [-0.05, 0) is 73.1 Å². The predicted molar refractivity (Wildman–Crippen MR) is 106 cm³/mol. The van der Waals surface area contributed by atoms with Crippen molar-refractivity contribution in [2.24, 2.45) is 0 Å². The predicted octanol–water partition coefficient (Wildman–Crippen LogP) is 4.79. The van der Waals surface area contributed by atoms with Gasteiger partial charge in [0.15, 0.2) is 0 Å². The lowest BCUT2D eigenvalue weighted by atomic mass is 9.89. The topological polar surface area (TPSA) is 38.3 Å². The third-order valence-electron chi connectivity index (χ3n) is 5.56. The third kappa shape index (κ3) is 4.18. The van der Waals surface area contributed by atoms with Gasteiger partial charge in [-0.15, -0.1) is 11.3 Å². The minimum absolute atomic E-state index is 0.0424. The molecular formula is C22H27NO2S. The lowest BCUT2D eigenvalue weighted by Crippen LogP contribution is -2.29. The van der Waals surface area contributed by atoms with Gasteiger partial charge in [0.2, 0.25) is 5.91 Å². The molecule has 26 heavy (non-hydrogen) atoms. The van der Waals surface area contributed by atoms with E-state index in [1.54, 1.807) is 11.3 Å². The summed E-state index contributed by atoms with van der Waals surface area (Å²) >= 11 is 1.71. The second-order valence-electron chi connectivity index (χ2n) is 7.42. The van der Waals surface area contributed by atoms with Crippen molar-refractivity contribution in [3.05, 3.63) is 57.3 Å². The molecule has 3 nitrogen and oxygen atoms in total. The lowest BCUT2D eigenvalue weighted by Gasteiger charge is -2.22. The number of hydrogen-bond acceptors (Lipinski definition) is 3. The van der Waals surface area contributed by atoms with Gasteiger partial charge in [-0.1, -0.05) is 24.3 Å². The first-order valence-electron chi connectivity index (χ1n) is 9.85. The Kier molecular flexibility index (Phi) is 5.71. The minimum Gasteiger partial charge on any atom is -0.378 e. The van der Waals surface area contributed by atoms with Crippen molar-refractivity contribution in [1.82, 2.24) is 5.32 Å². The second kappa shape index (κ2) is 8.36. The normalized spacial score (nSPS) is 20.5. The number of carbonyl (C=O) groups excluding carboxylic acids is 1. The number of carbonyl (C=O) groups is 1. The van der Waals surface area contributed by atoms with Crippen LogP contribution in [-0.2, 0) is 22.4 Å². The maximum Gasteiger partial charge on any atom is 0.220 e. The number of ether oxygens (including phenoxy) is 1. The minimum atomic E-state index is -0.0424. The summed E-state index contributed by atoms with van der Waals surface area (Å²) in [6.45, 7) is 0.846. The molecule has 1 fully saturated rings. The Morgan fingerprint density at radius 3 is 2.85 bits per heavy atom. The number of amides is 1. The average Bonchev–Trinajstić information content (AvgIpc) is 3.38. The van der Waals surface area contributed by atoms with Crippen LogP contribution < -0.4 is 5.32 Å². The van der Waals surface area contributed by atoms with Crippen molar-refractivity contribution >= 4 is 17.2 Å². The summed E-state index contributed by atoms with van der Waals surface area (Å²) in [5.41, 5.74) is 4.15. The van der Waals surface area contributed by atoms with E-state index in [0.717, 1.165) is 32.3 Å². The molecule has 1 saturated heterocycles. The number of nitrogens with one attached hydrogen (secondary N) is 1. The van der Waals surface area contributed by atoms with Crippen LogP contribution in [0.25, 0.3) is 0 Å². The molecule has 4 rings (SSSR count). The zero-order valence-corrected chi connectivity index (χ0v) is 16.0. The second-order valence-corrected chi connectivity index (χ2v) is 8.40. The van der Waals surface area contributed by atoms with Crippen LogP contribution in [-0.4, -0.2) is 18.6 Å². The summed E-state index contributed by atoms with van der Waals surface area (Å²) in [4.78, 5) is 13.8. The van der Waals surface area contributed by atoms with E-state index in [1.807, 2.05) is 0 Å². The zero-order valence-electron chi connectivity index (χ0n) is 15.2. The molecule has 1 aliphatic heterocycles. The summed E-state index contributed by atoms with van der Waals surface area (Å²) in [6.07, 6.45) is 8.76. The molecule has 0 bridgehead atoms. The van der Waals surface area contributed by atoms with Crippen molar-refractivity contribution in [1.29, 1.82) is 0 Å². The SMILES string of the molecule is O=C(CCC1CCCO1)NC(c1ccc2c(c1)CCCC2)c1cccs1. The van der Waals surface area contributed by atoms with Crippen LogP contribution in [0.1, 0.15) is 66.1 Å². The number of fused-ring (bicyclic) bond motifs is 1. The lowest BCUT2D eigenvalue weighted by molar-refractivity contribution is -0.122. The monoisotopic (exact) mass is 369 g/mol. The van der Waals surface area contributed by atoms with Crippen molar-refractivity contribution < 1.29 is 9.53 Å². The van der Waals surface area contributed by atoms with E-state index in [0.29, 0.717) is 6.42 Å². The number of hydrogen-bond donors (Lipinski definition) is 1. The van der Waals surface area contributed by atoms with E-state index < -0.39 is 0 Å². The molecule has 2 aromatic rings. The molecule has 1 aliphatic carbocycles. The van der Waals surface area contributed by atoms with E-state index in [4.69, 9.17) is 4.74 Å². The first-order valence-corrected chi connectivity index (χ1v) is 10.7. The molecule has 1 amide bonds. The van der Waals surface area contributed by atoms with Crippen LogP contribution in [0, 0.1) is 0 Å². The highest BCUT2D eigenvalue weighted by Crippen LogP contribution is 2.30. The first kappa shape index (κ1) is 17.7. The first-order chi connectivity index (χ1) is 12.8. The van der Waals surface area contributed by atoms with E-state index in [2.05, 4.69) is 41.0 Å². The van der Waals surface area contributed by atoms with Gasteiger partial charge in [-0.3, -0.25) is 4.79 Å². The quantitative estimate of drug-likeness (QED) is 0.795. The van der Waals surface area contributed by atoms with Gasteiger partial charge >= 0.3 is 0 Å². The van der Waals surface area contributed by atoms with Crippen LogP contribution >= 0.6 is 11.3 Å². The largest absolute Gasteiger partial charge is 0.378 e. The number of aryl methyl sites for hydroxylation is 2. The highest BCUT2D eigenvalue weighted by atomic mass is 32.1. The maximum atomic E-state index is 12.6. The van der Waals surface area contributed by atoms with Crippen molar-refractivity contribution in [2.45, 2.75) is 63.5 Å². The smallest absolute Gasteiger partial charge is 0.220 e. The van der Waals surface area contributed by atoms with Crippen molar-refractivity contribution in [2.75, 3.05) is 6.61 Å². The fourth-order valence-corrected chi connectivity index (χ4v) is 4.91. The van der Waals surface area contributed by atoms with Gasteiger partial charge in [0.1, 0.15) is 0 Å². The molecule has 1 aromatic heterocycles. The van der Waals surface area contributed by atoms with Gasteiger partial charge in [-0.25, -0.2) is 0 Å². The molecule has 1 aromatic carbocycles. The van der Waals surface area contributed by atoms with Crippen LogP contribution in [0.2, 0.25) is 0 Å².